The van der Waals surface area contributed by atoms with Crippen molar-refractivity contribution in [2.45, 2.75) is 9.79 Å². The molecule has 35 heavy (non-hydrogen) atoms. The summed E-state index contributed by atoms with van der Waals surface area (Å²) in [5, 5.41) is 0. The zero-order chi connectivity index (χ0) is 27.4. The maximum atomic E-state index is 14.0. The molecular weight excluding hydrogens is 582 g/mol. The van der Waals surface area contributed by atoms with Gasteiger partial charge in [-0.1, -0.05) is 4.40 Å². The molecule has 2 aromatic rings. The summed E-state index contributed by atoms with van der Waals surface area (Å²) in [7, 11) is -21.6. The van der Waals surface area contributed by atoms with Crippen molar-refractivity contribution >= 4 is 36.3 Å². The van der Waals surface area contributed by atoms with Gasteiger partial charge in [-0.3, -0.25) is 0 Å². The third-order valence-electron chi connectivity index (χ3n) is 3.59. The van der Waals surface area contributed by atoms with Crippen LogP contribution in [0.15, 0.2) is 14.2 Å². The van der Waals surface area contributed by atoms with E-state index in [-0.39, 0.29) is 6.08 Å². The maximum Gasteiger partial charge on any atom is 0.360 e. The van der Waals surface area contributed by atoms with Crippen molar-refractivity contribution < 1.29 is 74.0 Å². The second kappa shape index (κ2) is 8.86. The van der Waals surface area contributed by atoms with Gasteiger partial charge < -0.3 is 0 Å². The minimum absolute atomic E-state index is 0.0170. The molecule has 0 aliphatic carbocycles. The molecule has 0 aromatic heterocycles. The standard InChI is InChI=1S/C13F10N2O7S3/c14-2-4(16)8(20)12(9(21)5(2)17)33(27,28)25(35(31,32)24-1-26)34(29,30)13-10(22)6(18)3(15)7(19)11(13)23. The minimum Gasteiger partial charge on any atom is -0.210 e. The minimum atomic E-state index is -7.36. The highest BCUT2D eigenvalue weighted by atomic mass is 32.3. The first-order valence-corrected chi connectivity index (χ1v) is 11.7. The van der Waals surface area contributed by atoms with Crippen LogP contribution in [0.2, 0.25) is 0 Å². The zero-order valence-electron chi connectivity index (χ0n) is 15.3. The molecule has 0 bridgehead atoms. The molecule has 0 aliphatic rings. The van der Waals surface area contributed by atoms with Crippen LogP contribution >= 0.6 is 0 Å². The first-order valence-electron chi connectivity index (χ1n) is 7.46. The van der Waals surface area contributed by atoms with Gasteiger partial charge in [0, 0.05) is 3.12 Å². The SMILES string of the molecule is O=C=NS(=O)(=O)N(S(=O)(=O)c1c(F)c(F)c(F)c(F)c1F)S(=O)(=O)c1c(F)c(F)c(F)c(F)c1F. The molecule has 0 unspecified atom stereocenters. The molecule has 9 nitrogen and oxygen atoms in total. The summed E-state index contributed by atoms with van der Waals surface area (Å²) in [6.07, 6.45) is -0.0170. The molecule has 2 rings (SSSR count). The van der Waals surface area contributed by atoms with E-state index in [0.717, 1.165) is 0 Å². The van der Waals surface area contributed by atoms with Gasteiger partial charge in [-0.15, -0.1) is 0 Å². The van der Waals surface area contributed by atoms with E-state index in [4.69, 9.17) is 0 Å². The summed E-state index contributed by atoms with van der Waals surface area (Å²) in [4.78, 5) is 3.70. The maximum absolute atomic E-state index is 14.0. The summed E-state index contributed by atoms with van der Waals surface area (Å²) in [5.74, 6) is -32.3. The number of isocyanates is 1. The number of nitrogens with zero attached hydrogens (tertiary/aromatic N) is 2. The Bertz CT molecular complexity index is 1500. The number of carbonyl (C=O) groups excluding carboxylic acids is 1. The average Bonchev–Trinajstić information content (AvgIpc) is 2.72. The van der Waals surface area contributed by atoms with Crippen molar-refractivity contribution in [1.29, 1.82) is 0 Å². The molecule has 0 atom stereocenters. The summed E-state index contributed by atoms with van der Waals surface area (Å²) in [6, 6.07) is 0. The highest BCUT2D eigenvalue weighted by Crippen LogP contribution is 2.36. The van der Waals surface area contributed by atoms with Crippen LogP contribution in [0.25, 0.3) is 0 Å². The second-order valence-electron chi connectivity index (χ2n) is 5.60. The zero-order valence-corrected chi connectivity index (χ0v) is 17.7. The van der Waals surface area contributed by atoms with E-state index in [9.17, 15) is 74.0 Å². The first-order chi connectivity index (χ1) is 15.8. The van der Waals surface area contributed by atoms with Crippen molar-refractivity contribution in [2.24, 2.45) is 4.40 Å². The van der Waals surface area contributed by atoms with Gasteiger partial charge in [-0.25, -0.2) is 65.5 Å². The van der Waals surface area contributed by atoms with E-state index >= 15 is 0 Å². The lowest BCUT2D eigenvalue weighted by Gasteiger charge is -2.20. The lowest BCUT2D eigenvalue weighted by Crippen LogP contribution is -2.42. The van der Waals surface area contributed by atoms with E-state index in [1.807, 2.05) is 0 Å². The molecule has 22 heteroatoms. The summed E-state index contributed by atoms with van der Waals surface area (Å²) >= 11 is 0. The van der Waals surface area contributed by atoms with Crippen LogP contribution in [0.4, 0.5) is 43.9 Å². The van der Waals surface area contributed by atoms with E-state index < -0.39 is 101 Å². The lowest BCUT2D eigenvalue weighted by atomic mass is 10.3. The molecule has 0 amide bonds. The summed E-state index contributed by atoms with van der Waals surface area (Å²) < 4.78 is 210. The smallest absolute Gasteiger partial charge is 0.210 e. The molecule has 0 N–H and O–H groups in total. The third-order valence-corrected chi connectivity index (χ3v) is 10.3. The molecule has 0 radical (unpaired) electrons. The van der Waals surface area contributed by atoms with Crippen LogP contribution in [0.5, 0.6) is 0 Å². The van der Waals surface area contributed by atoms with Gasteiger partial charge >= 0.3 is 10.2 Å². The van der Waals surface area contributed by atoms with E-state index in [1.165, 1.54) is 0 Å². The number of rotatable bonds is 6. The van der Waals surface area contributed by atoms with E-state index in [0.29, 0.717) is 0 Å². The molecule has 0 heterocycles. The van der Waals surface area contributed by atoms with E-state index in [2.05, 4.69) is 0 Å². The predicted octanol–water partition coefficient (Wildman–Crippen LogP) is 2.04. The molecule has 2 aromatic carbocycles. The topological polar surface area (TPSA) is 135 Å². The van der Waals surface area contributed by atoms with Gasteiger partial charge in [0.1, 0.15) is 0 Å². The second-order valence-corrected chi connectivity index (χ2v) is 11.2. The number of benzene rings is 2. The highest BCUT2D eigenvalue weighted by Gasteiger charge is 2.53. The number of hydrogen-bond acceptors (Lipinski definition) is 7. The van der Waals surface area contributed by atoms with Crippen LogP contribution < -0.4 is 0 Å². The van der Waals surface area contributed by atoms with Crippen molar-refractivity contribution in [1.82, 2.24) is 3.12 Å². The molecule has 0 aliphatic heterocycles. The van der Waals surface area contributed by atoms with Gasteiger partial charge in [-0.05, 0) is 0 Å². The third kappa shape index (κ3) is 4.16. The predicted molar refractivity (Wildman–Crippen MR) is 85.7 cm³/mol. The monoisotopic (exact) mass is 582 g/mol. The Morgan fingerprint density at radius 1 is 0.486 bits per heavy atom. The fourth-order valence-electron chi connectivity index (χ4n) is 2.23. The molecule has 192 valence electrons. The van der Waals surface area contributed by atoms with Crippen molar-refractivity contribution in [2.75, 3.05) is 0 Å². The molecular formula is C13F10N2O7S3. The van der Waals surface area contributed by atoms with Gasteiger partial charge in [0.05, 0.1) is 0 Å². The Labute approximate surface area is 186 Å². The Balaban J connectivity index is 3.20. The summed E-state index contributed by atoms with van der Waals surface area (Å²) in [6.45, 7) is 0. The van der Waals surface area contributed by atoms with Gasteiger partial charge in [0.15, 0.2) is 56.3 Å². The van der Waals surface area contributed by atoms with Crippen LogP contribution in [-0.4, -0.2) is 34.4 Å². The molecule has 0 saturated heterocycles. The average molecular weight is 582 g/mol. The lowest BCUT2D eigenvalue weighted by molar-refractivity contribution is 0.355. The van der Waals surface area contributed by atoms with Gasteiger partial charge in [-0.2, -0.15) is 8.42 Å². The van der Waals surface area contributed by atoms with Crippen molar-refractivity contribution in [3.63, 3.8) is 0 Å². The Kier molecular flexibility index (Phi) is 7.13. The normalized spacial score (nSPS) is 12.7. The molecule has 0 saturated carbocycles. The first kappa shape index (κ1) is 28.2. The summed E-state index contributed by atoms with van der Waals surface area (Å²) in [5.41, 5.74) is 0. The molecule has 0 spiro atoms. The van der Waals surface area contributed by atoms with Crippen LogP contribution in [-0.2, 0) is 35.1 Å². The van der Waals surface area contributed by atoms with Crippen LogP contribution in [0.3, 0.4) is 0 Å². The largest absolute Gasteiger partial charge is 0.360 e. The molecule has 0 fully saturated rings. The highest BCUT2D eigenvalue weighted by molar-refractivity contribution is 8.17. The van der Waals surface area contributed by atoms with Crippen molar-refractivity contribution in [3.05, 3.63) is 58.2 Å². The Morgan fingerprint density at radius 3 is 0.943 bits per heavy atom. The number of halogens is 10. The van der Waals surface area contributed by atoms with E-state index in [1.54, 1.807) is 4.40 Å². The number of hydrogen-bond donors (Lipinski definition) is 0. The van der Waals surface area contributed by atoms with Gasteiger partial charge in [0.25, 0.3) is 26.1 Å². The Morgan fingerprint density at radius 2 is 0.714 bits per heavy atom. The fourth-order valence-corrected chi connectivity index (χ4v) is 8.06. The quantitative estimate of drug-likeness (QED) is 0.167. The van der Waals surface area contributed by atoms with Crippen molar-refractivity contribution in [3.8, 4) is 0 Å². The van der Waals surface area contributed by atoms with Crippen LogP contribution in [0, 0.1) is 58.2 Å². The number of sulfonamides is 2. The fraction of sp³-hybridized carbons (Fsp3) is 0. The Hall–Kier alpha value is -3.07. The van der Waals surface area contributed by atoms with Crippen LogP contribution in [0.1, 0.15) is 0 Å². The van der Waals surface area contributed by atoms with Gasteiger partial charge in [0.2, 0.25) is 11.6 Å².